The molecule has 0 bridgehead atoms. The number of likely N-dealkylation sites (N-methyl/N-ethyl adjacent to an activating group) is 1. The molecule has 1 aliphatic rings. The molecule has 21 heavy (non-hydrogen) atoms. The van der Waals surface area contributed by atoms with Crippen molar-refractivity contribution >= 4 is 5.70 Å². The smallest absolute Gasteiger partial charge is 0.122 e. The van der Waals surface area contributed by atoms with Crippen molar-refractivity contribution in [1.82, 2.24) is 10.6 Å². The van der Waals surface area contributed by atoms with Gasteiger partial charge < -0.3 is 20.5 Å². The van der Waals surface area contributed by atoms with Gasteiger partial charge in [-0.1, -0.05) is 6.92 Å². The molecule has 1 saturated carbocycles. The largest absolute Gasteiger partial charge is 0.493 e. The van der Waals surface area contributed by atoms with Gasteiger partial charge in [-0.15, -0.1) is 0 Å². The normalized spacial score (nSPS) is 15.4. The topological polar surface area (TPSA) is 53.5 Å². The summed E-state index contributed by atoms with van der Waals surface area (Å²) < 4.78 is 5.93. The van der Waals surface area contributed by atoms with Crippen LogP contribution in [-0.4, -0.2) is 32.4 Å². The molecule has 0 aromatic heterocycles. The third-order valence-electron chi connectivity index (χ3n) is 3.91. The zero-order valence-corrected chi connectivity index (χ0v) is 13.2. The van der Waals surface area contributed by atoms with Crippen LogP contribution in [0.5, 0.6) is 5.75 Å². The molecule has 0 unspecified atom stereocenters. The highest BCUT2D eigenvalue weighted by Gasteiger charge is 2.22. The standard InChI is InChI=1S/C17H26N2O2/c1-4-13-9-14(17(19-3)15(10-20)18-2)7-8-16(13)21-11-12-5-6-12/h7-9,12,18-20H,4-6,10-11H2,1-3H3/b17-15-. The number of aliphatic hydroxyl groups excluding tert-OH is 1. The summed E-state index contributed by atoms with van der Waals surface area (Å²) in [4.78, 5) is 0. The van der Waals surface area contributed by atoms with E-state index in [0.29, 0.717) is 0 Å². The summed E-state index contributed by atoms with van der Waals surface area (Å²) in [6.07, 6.45) is 3.53. The summed E-state index contributed by atoms with van der Waals surface area (Å²) in [5.74, 6) is 1.74. The average molecular weight is 290 g/mol. The quantitative estimate of drug-likeness (QED) is 0.686. The minimum absolute atomic E-state index is 0.0198. The third-order valence-corrected chi connectivity index (χ3v) is 3.91. The molecule has 0 radical (unpaired) electrons. The lowest BCUT2D eigenvalue weighted by atomic mass is 10.0. The molecule has 0 aliphatic heterocycles. The van der Waals surface area contributed by atoms with E-state index in [9.17, 15) is 5.11 Å². The SMILES string of the molecule is CCc1cc(/C(NC)=C(\CO)NC)ccc1OCC1CC1. The number of rotatable bonds is 8. The van der Waals surface area contributed by atoms with Gasteiger partial charge in [-0.25, -0.2) is 0 Å². The molecule has 1 aliphatic carbocycles. The second-order valence-corrected chi connectivity index (χ2v) is 5.44. The van der Waals surface area contributed by atoms with E-state index in [0.717, 1.165) is 41.7 Å². The zero-order chi connectivity index (χ0) is 15.2. The lowest BCUT2D eigenvalue weighted by Gasteiger charge is -2.16. The Morgan fingerprint density at radius 1 is 1.29 bits per heavy atom. The van der Waals surface area contributed by atoms with Gasteiger partial charge >= 0.3 is 0 Å². The van der Waals surface area contributed by atoms with E-state index in [1.807, 2.05) is 26.2 Å². The van der Waals surface area contributed by atoms with Gasteiger partial charge in [0, 0.05) is 14.1 Å². The highest BCUT2D eigenvalue weighted by Crippen LogP contribution is 2.31. The Morgan fingerprint density at radius 2 is 2.05 bits per heavy atom. The Hall–Kier alpha value is -1.68. The molecule has 1 fully saturated rings. The molecule has 0 heterocycles. The first-order chi connectivity index (χ1) is 10.2. The van der Waals surface area contributed by atoms with E-state index < -0.39 is 0 Å². The number of benzene rings is 1. The summed E-state index contributed by atoms with van der Waals surface area (Å²) >= 11 is 0. The first kappa shape index (κ1) is 15.7. The molecule has 2 rings (SSSR count). The zero-order valence-electron chi connectivity index (χ0n) is 13.2. The van der Waals surface area contributed by atoms with Crippen LogP contribution < -0.4 is 15.4 Å². The van der Waals surface area contributed by atoms with E-state index >= 15 is 0 Å². The molecular weight excluding hydrogens is 264 g/mol. The predicted molar refractivity (Wildman–Crippen MR) is 86.2 cm³/mol. The molecule has 4 heteroatoms. The second-order valence-electron chi connectivity index (χ2n) is 5.44. The molecule has 1 aromatic carbocycles. The molecule has 116 valence electrons. The maximum absolute atomic E-state index is 9.44. The van der Waals surface area contributed by atoms with Gasteiger partial charge in [0.25, 0.3) is 0 Å². The lowest BCUT2D eigenvalue weighted by molar-refractivity contribution is 0.297. The van der Waals surface area contributed by atoms with Crippen molar-refractivity contribution in [2.75, 3.05) is 27.3 Å². The van der Waals surface area contributed by atoms with Crippen molar-refractivity contribution in [3.05, 3.63) is 35.0 Å². The molecule has 1 aromatic rings. The minimum Gasteiger partial charge on any atom is -0.493 e. The average Bonchev–Trinajstić information content (AvgIpc) is 3.34. The highest BCUT2D eigenvalue weighted by atomic mass is 16.5. The van der Waals surface area contributed by atoms with Crippen molar-refractivity contribution in [3.63, 3.8) is 0 Å². The van der Waals surface area contributed by atoms with Gasteiger partial charge in [-0.3, -0.25) is 0 Å². The molecular formula is C17H26N2O2. The Bertz CT molecular complexity index is 502. The summed E-state index contributed by atoms with van der Waals surface area (Å²) in [5, 5.41) is 15.6. The van der Waals surface area contributed by atoms with E-state index in [4.69, 9.17) is 4.74 Å². The van der Waals surface area contributed by atoms with Gasteiger partial charge in [-0.2, -0.15) is 0 Å². The summed E-state index contributed by atoms with van der Waals surface area (Å²) in [7, 11) is 3.68. The molecule has 0 spiro atoms. The number of aryl methyl sites for hydroxylation is 1. The Kier molecular flexibility index (Phi) is 5.51. The van der Waals surface area contributed by atoms with E-state index in [1.165, 1.54) is 18.4 Å². The number of hydrogen-bond donors (Lipinski definition) is 3. The summed E-state index contributed by atoms with van der Waals surface area (Å²) in [6, 6.07) is 6.22. The predicted octanol–water partition coefficient (Wildman–Crippen LogP) is 2.14. The molecule has 3 N–H and O–H groups in total. The molecule has 4 nitrogen and oxygen atoms in total. The van der Waals surface area contributed by atoms with E-state index in [2.05, 4.69) is 23.6 Å². The second kappa shape index (κ2) is 7.36. The number of aliphatic hydroxyl groups is 1. The lowest BCUT2D eigenvalue weighted by Crippen LogP contribution is -2.19. The first-order valence-corrected chi connectivity index (χ1v) is 7.69. The van der Waals surface area contributed by atoms with Crippen molar-refractivity contribution in [3.8, 4) is 5.75 Å². The van der Waals surface area contributed by atoms with Crippen LogP contribution in [0.25, 0.3) is 5.70 Å². The molecule has 0 atom stereocenters. The van der Waals surface area contributed by atoms with Gasteiger partial charge in [0.05, 0.1) is 24.6 Å². The van der Waals surface area contributed by atoms with Crippen LogP contribution in [0.15, 0.2) is 23.9 Å². The first-order valence-electron chi connectivity index (χ1n) is 7.69. The van der Waals surface area contributed by atoms with Crippen molar-refractivity contribution in [1.29, 1.82) is 0 Å². The fourth-order valence-corrected chi connectivity index (χ4v) is 2.40. The Morgan fingerprint density at radius 3 is 2.57 bits per heavy atom. The third kappa shape index (κ3) is 3.91. The maximum atomic E-state index is 9.44. The summed E-state index contributed by atoms with van der Waals surface area (Å²) in [5.41, 5.74) is 3.97. The van der Waals surface area contributed by atoms with Crippen LogP contribution in [0.3, 0.4) is 0 Å². The number of nitrogens with one attached hydrogen (secondary N) is 2. The van der Waals surface area contributed by atoms with Crippen LogP contribution in [0.2, 0.25) is 0 Å². The number of ether oxygens (including phenoxy) is 1. The van der Waals surface area contributed by atoms with Gasteiger partial charge in [0.1, 0.15) is 5.75 Å². The molecule has 0 amide bonds. The van der Waals surface area contributed by atoms with E-state index in [1.54, 1.807) is 0 Å². The minimum atomic E-state index is -0.0198. The Labute approximate surface area is 127 Å². The van der Waals surface area contributed by atoms with Crippen LogP contribution >= 0.6 is 0 Å². The molecule has 0 saturated heterocycles. The fraction of sp³-hybridized carbons (Fsp3) is 0.529. The van der Waals surface area contributed by atoms with Crippen LogP contribution in [0.4, 0.5) is 0 Å². The monoisotopic (exact) mass is 290 g/mol. The van der Waals surface area contributed by atoms with Crippen LogP contribution in [0.1, 0.15) is 30.9 Å². The van der Waals surface area contributed by atoms with E-state index in [-0.39, 0.29) is 6.61 Å². The van der Waals surface area contributed by atoms with Gasteiger partial charge in [0.15, 0.2) is 0 Å². The van der Waals surface area contributed by atoms with Crippen molar-refractivity contribution in [2.45, 2.75) is 26.2 Å². The van der Waals surface area contributed by atoms with Gasteiger partial charge in [0.2, 0.25) is 0 Å². The van der Waals surface area contributed by atoms with Crippen molar-refractivity contribution < 1.29 is 9.84 Å². The fourth-order valence-electron chi connectivity index (χ4n) is 2.40. The summed E-state index contributed by atoms with van der Waals surface area (Å²) in [6.45, 7) is 2.95. The van der Waals surface area contributed by atoms with Crippen LogP contribution in [-0.2, 0) is 6.42 Å². The van der Waals surface area contributed by atoms with Crippen LogP contribution in [0, 0.1) is 5.92 Å². The van der Waals surface area contributed by atoms with Gasteiger partial charge in [-0.05, 0) is 54.5 Å². The maximum Gasteiger partial charge on any atom is 0.122 e. The number of hydrogen-bond acceptors (Lipinski definition) is 4. The highest BCUT2D eigenvalue weighted by molar-refractivity contribution is 5.68. The van der Waals surface area contributed by atoms with Crippen molar-refractivity contribution in [2.24, 2.45) is 5.92 Å². The Balaban J connectivity index is 2.25.